The number of para-hydroxylation sites is 1. The number of nitrogens with zero attached hydrogens (tertiary/aromatic N) is 4. The van der Waals surface area contributed by atoms with Crippen LogP contribution in [0.25, 0.3) is 11.5 Å². The predicted octanol–water partition coefficient (Wildman–Crippen LogP) is 2.53. The quantitative estimate of drug-likeness (QED) is 0.799. The molecule has 0 unspecified atom stereocenters. The lowest BCUT2D eigenvalue weighted by Crippen LogP contribution is -2.43. The van der Waals surface area contributed by atoms with Gasteiger partial charge in [-0.2, -0.15) is 5.10 Å². The van der Waals surface area contributed by atoms with Gasteiger partial charge in [-0.1, -0.05) is 18.2 Å². The molecule has 0 aliphatic carbocycles. The highest BCUT2D eigenvalue weighted by Gasteiger charge is 2.20. The van der Waals surface area contributed by atoms with E-state index in [2.05, 4.69) is 10.4 Å². The number of ether oxygens (including phenoxy) is 1. The Bertz CT molecular complexity index is 836. The van der Waals surface area contributed by atoms with Crippen LogP contribution in [0.4, 0.5) is 10.5 Å². The number of nitrogens with one attached hydrogen (secondary N) is 1. The van der Waals surface area contributed by atoms with E-state index >= 15 is 0 Å². The largest absolute Gasteiger partial charge is 0.378 e. The predicted molar refractivity (Wildman–Crippen MR) is 94.3 cm³/mol. The number of anilines is 1. The number of aromatic nitrogens is 3. The van der Waals surface area contributed by atoms with Crippen molar-refractivity contribution in [3.63, 3.8) is 0 Å². The van der Waals surface area contributed by atoms with E-state index in [1.807, 2.05) is 64.1 Å². The molecule has 0 bridgehead atoms. The summed E-state index contributed by atoms with van der Waals surface area (Å²) >= 11 is 0. The van der Waals surface area contributed by atoms with E-state index in [1.54, 1.807) is 11.1 Å². The fourth-order valence-electron chi connectivity index (χ4n) is 2.87. The maximum absolute atomic E-state index is 12.5. The first-order chi connectivity index (χ1) is 12.3. The zero-order valence-corrected chi connectivity index (χ0v) is 13.7. The van der Waals surface area contributed by atoms with Crippen molar-refractivity contribution in [2.45, 2.75) is 0 Å². The molecule has 2 amide bonds. The smallest absolute Gasteiger partial charge is 0.322 e. The zero-order chi connectivity index (χ0) is 17.1. The third-order valence-electron chi connectivity index (χ3n) is 4.13. The zero-order valence-electron chi connectivity index (χ0n) is 13.7. The van der Waals surface area contributed by atoms with Gasteiger partial charge in [0.1, 0.15) is 5.69 Å². The van der Waals surface area contributed by atoms with Crippen molar-refractivity contribution in [3.8, 4) is 11.5 Å². The highest BCUT2D eigenvalue weighted by atomic mass is 16.5. The van der Waals surface area contributed by atoms with Crippen LogP contribution in [0.5, 0.6) is 0 Å². The maximum Gasteiger partial charge on any atom is 0.322 e. The molecule has 0 atom stereocenters. The lowest BCUT2D eigenvalue weighted by Gasteiger charge is -2.26. The molecule has 128 valence electrons. The average molecular weight is 337 g/mol. The van der Waals surface area contributed by atoms with Crippen LogP contribution in [0.1, 0.15) is 0 Å². The Morgan fingerprint density at radius 2 is 1.76 bits per heavy atom. The molecule has 4 rings (SSSR count). The van der Waals surface area contributed by atoms with Crippen molar-refractivity contribution in [2.75, 3.05) is 31.6 Å². The SMILES string of the molecule is O=C(Nc1cnn(-c2ccccc2)c1-n1cccc1)N1CCOCC1. The minimum absolute atomic E-state index is 0.135. The number of carbonyl (C=O) groups is 1. The van der Waals surface area contributed by atoms with Crippen LogP contribution < -0.4 is 5.32 Å². The van der Waals surface area contributed by atoms with E-state index in [9.17, 15) is 4.79 Å². The van der Waals surface area contributed by atoms with Gasteiger partial charge in [0, 0.05) is 25.5 Å². The molecule has 7 heteroatoms. The van der Waals surface area contributed by atoms with Gasteiger partial charge in [0.2, 0.25) is 0 Å². The molecule has 1 aliphatic rings. The van der Waals surface area contributed by atoms with Crippen LogP contribution in [0.2, 0.25) is 0 Å². The molecule has 1 fully saturated rings. The first-order valence-electron chi connectivity index (χ1n) is 8.23. The number of hydrogen-bond donors (Lipinski definition) is 1. The second-order valence-corrected chi connectivity index (χ2v) is 5.75. The molecule has 7 nitrogen and oxygen atoms in total. The summed E-state index contributed by atoms with van der Waals surface area (Å²) in [5.41, 5.74) is 1.59. The molecule has 25 heavy (non-hydrogen) atoms. The second-order valence-electron chi connectivity index (χ2n) is 5.75. The van der Waals surface area contributed by atoms with Crippen LogP contribution in [0.15, 0.2) is 61.1 Å². The summed E-state index contributed by atoms with van der Waals surface area (Å²) in [6.45, 7) is 2.33. The Balaban J connectivity index is 1.68. The minimum atomic E-state index is -0.135. The summed E-state index contributed by atoms with van der Waals surface area (Å²) in [4.78, 5) is 14.3. The van der Waals surface area contributed by atoms with Crippen molar-refractivity contribution < 1.29 is 9.53 Å². The van der Waals surface area contributed by atoms with Crippen molar-refractivity contribution in [1.82, 2.24) is 19.2 Å². The highest BCUT2D eigenvalue weighted by Crippen LogP contribution is 2.24. The molecule has 0 radical (unpaired) electrons. The summed E-state index contributed by atoms with van der Waals surface area (Å²) in [7, 11) is 0. The van der Waals surface area contributed by atoms with Crippen molar-refractivity contribution in [1.29, 1.82) is 0 Å². The summed E-state index contributed by atoms with van der Waals surface area (Å²) in [6.07, 6.45) is 5.54. The fraction of sp³-hybridized carbons (Fsp3) is 0.222. The lowest BCUT2D eigenvalue weighted by atomic mass is 10.3. The Morgan fingerprint density at radius 3 is 2.48 bits per heavy atom. The number of morpholine rings is 1. The van der Waals surface area contributed by atoms with Gasteiger partial charge in [-0.3, -0.25) is 0 Å². The van der Waals surface area contributed by atoms with E-state index in [0.717, 1.165) is 11.5 Å². The second kappa shape index (κ2) is 6.82. The van der Waals surface area contributed by atoms with Crippen LogP contribution >= 0.6 is 0 Å². The third-order valence-corrected chi connectivity index (χ3v) is 4.13. The monoisotopic (exact) mass is 337 g/mol. The Labute approximate surface area is 145 Å². The van der Waals surface area contributed by atoms with Gasteiger partial charge in [0.15, 0.2) is 5.82 Å². The first kappa shape index (κ1) is 15.5. The molecule has 2 aromatic heterocycles. The maximum atomic E-state index is 12.5. The molecule has 1 aromatic carbocycles. The average Bonchev–Trinajstić information content (AvgIpc) is 3.32. The molecular weight excluding hydrogens is 318 g/mol. The molecule has 0 spiro atoms. The Morgan fingerprint density at radius 1 is 1.04 bits per heavy atom. The first-order valence-corrected chi connectivity index (χ1v) is 8.23. The summed E-state index contributed by atoms with van der Waals surface area (Å²) in [6, 6.07) is 13.6. The summed E-state index contributed by atoms with van der Waals surface area (Å²) in [5, 5.41) is 7.46. The molecule has 1 N–H and O–H groups in total. The number of urea groups is 1. The van der Waals surface area contributed by atoms with Crippen LogP contribution in [0, 0.1) is 0 Å². The Kier molecular flexibility index (Phi) is 4.22. The number of benzene rings is 1. The molecule has 1 saturated heterocycles. The van der Waals surface area contributed by atoms with Gasteiger partial charge in [0.05, 0.1) is 25.1 Å². The Hall–Kier alpha value is -3.06. The molecule has 0 saturated carbocycles. The van der Waals surface area contributed by atoms with Gasteiger partial charge in [-0.25, -0.2) is 9.48 Å². The summed E-state index contributed by atoms with van der Waals surface area (Å²) < 4.78 is 9.06. The minimum Gasteiger partial charge on any atom is -0.378 e. The van der Waals surface area contributed by atoms with Gasteiger partial charge in [-0.05, 0) is 24.3 Å². The summed E-state index contributed by atoms with van der Waals surface area (Å²) in [5.74, 6) is 0.790. The highest BCUT2D eigenvalue weighted by molar-refractivity contribution is 5.91. The third kappa shape index (κ3) is 3.14. The van der Waals surface area contributed by atoms with E-state index in [-0.39, 0.29) is 6.03 Å². The van der Waals surface area contributed by atoms with Gasteiger partial charge in [0.25, 0.3) is 0 Å². The van der Waals surface area contributed by atoms with Gasteiger partial charge >= 0.3 is 6.03 Å². The van der Waals surface area contributed by atoms with Crippen LogP contribution in [-0.2, 0) is 4.74 Å². The van der Waals surface area contributed by atoms with Crippen molar-refractivity contribution in [3.05, 3.63) is 61.1 Å². The molecular formula is C18H19N5O2. The number of amides is 2. The number of carbonyl (C=O) groups excluding carboxylic acids is 1. The number of rotatable bonds is 3. The van der Waals surface area contributed by atoms with E-state index in [1.165, 1.54) is 0 Å². The van der Waals surface area contributed by atoms with Crippen molar-refractivity contribution >= 4 is 11.7 Å². The lowest BCUT2D eigenvalue weighted by molar-refractivity contribution is 0.0564. The van der Waals surface area contributed by atoms with Crippen molar-refractivity contribution in [2.24, 2.45) is 0 Å². The number of hydrogen-bond acceptors (Lipinski definition) is 3. The normalized spacial score (nSPS) is 14.5. The van der Waals surface area contributed by atoms with Gasteiger partial charge < -0.3 is 19.5 Å². The fourth-order valence-corrected chi connectivity index (χ4v) is 2.87. The van der Waals surface area contributed by atoms with E-state index in [4.69, 9.17) is 4.74 Å². The topological polar surface area (TPSA) is 64.3 Å². The molecule has 1 aliphatic heterocycles. The molecule has 3 aromatic rings. The van der Waals surface area contributed by atoms with Gasteiger partial charge in [-0.15, -0.1) is 0 Å². The van der Waals surface area contributed by atoms with E-state index in [0.29, 0.717) is 32.0 Å². The van der Waals surface area contributed by atoms with Crippen LogP contribution in [0.3, 0.4) is 0 Å². The molecule has 3 heterocycles. The van der Waals surface area contributed by atoms with E-state index < -0.39 is 0 Å². The van der Waals surface area contributed by atoms with Crippen LogP contribution in [-0.4, -0.2) is 51.6 Å². The standard InChI is InChI=1S/C18H19N5O2/c24-18(22-10-12-25-13-11-22)20-16-14-19-23(15-6-2-1-3-7-15)17(16)21-8-4-5-9-21/h1-9,14H,10-13H2,(H,20,24).